The van der Waals surface area contributed by atoms with Crippen molar-refractivity contribution < 1.29 is 14.2 Å². The number of nitrogens with zero attached hydrogens (tertiary/aromatic N) is 1. The minimum Gasteiger partial charge on any atom is -0.435 e. The topological polar surface area (TPSA) is 42.4 Å². The minimum absolute atomic E-state index is 0.128. The lowest BCUT2D eigenvalue weighted by atomic mass is 10.2. The highest BCUT2D eigenvalue weighted by molar-refractivity contribution is 6.32. The third kappa shape index (κ3) is 2.60. The van der Waals surface area contributed by atoms with Crippen molar-refractivity contribution in [1.82, 2.24) is 4.98 Å². The lowest BCUT2D eigenvalue weighted by molar-refractivity contribution is 0.273. The fraction of sp³-hybridized carbons (Fsp3) is 0.154. The summed E-state index contributed by atoms with van der Waals surface area (Å²) in [6.07, 6.45) is 1.37. The van der Waals surface area contributed by atoms with Gasteiger partial charge in [0.1, 0.15) is 5.75 Å². The smallest absolute Gasteiger partial charge is 0.256 e. The van der Waals surface area contributed by atoms with Crippen molar-refractivity contribution in [2.24, 2.45) is 0 Å². The summed E-state index contributed by atoms with van der Waals surface area (Å²) in [4.78, 5) is 3.79. The van der Waals surface area contributed by atoms with Gasteiger partial charge >= 0.3 is 0 Å². The number of rotatable bonds is 3. The van der Waals surface area contributed by atoms with Crippen LogP contribution in [0.5, 0.6) is 11.6 Å². The maximum absolute atomic E-state index is 13.8. The first kappa shape index (κ1) is 12.8. The van der Waals surface area contributed by atoms with E-state index in [0.29, 0.717) is 10.8 Å². The molecule has 1 aromatic heterocycles. The van der Waals surface area contributed by atoms with Crippen molar-refractivity contribution in [1.29, 1.82) is 0 Å². The van der Waals surface area contributed by atoms with Crippen LogP contribution in [-0.2, 0) is 6.61 Å². The Hall–Kier alpha value is -1.65. The first-order valence-electron chi connectivity index (χ1n) is 5.30. The molecule has 0 saturated carbocycles. The van der Waals surface area contributed by atoms with E-state index in [-0.39, 0.29) is 11.4 Å². The fourth-order valence-corrected chi connectivity index (χ4v) is 1.60. The monoisotopic (exact) mass is 267 g/mol. The standard InChI is InChI=1S/C13H11ClFNO2/c1-8-2-3-10(14)11(6-8)18-13-12(15)9(7-17)4-5-16-13/h2-6,17H,7H2,1H3. The molecule has 2 rings (SSSR count). The largest absolute Gasteiger partial charge is 0.435 e. The molecule has 94 valence electrons. The molecule has 0 fully saturated rings. The summed E-state index contributed by atoms with van der Waals surface area (Å²) in [5.74, 6) is -0.551. The van der Waals surface area contributed by atoms with E-state index in [0.717, 1.165) is 5.56 Å². The quantitative estimate of drug-likeness (QED) is 0.926. The van der Waals surface area contributed by atoms with Crippen molar-refractivity contribution in [3.05, 3.63) is 52.4 Å². The van der Waals surface area contributed by atoms with Crippen LogP contribution in [0.4, 0.5) is 4.39 Å². The molecule has 1 N–H and O–H groups in total. The van der Waals surface area contributed by atoms with Crippen LogP contribution in [0.3, 0.4) is 0 Å². The van der Waals surface area contributed by atoms with Gasteiger partial charge in [-0.3, -0.25) is 0 Å². The zero-order valence-electron chi connectivity index (χ0n) is 9.65. The van der Waals surface area contributed by atoms with Crippen LogP contribution in [0, 0.1) is 12.7 Å². The number of benzene rings is 1. The van der Waals surface area contributed by atoms with Gasteiger partial charge in [0.15, 0.2) is 5.82 Å². The maximum Gasteiger partial charge on any atom is 0.256 e. The number of aliphatic hydroxyl groups is 1. The second kappa shape index (κ2) is 5.33. The second-order valence-corrected chi connectivity index (χ2v) is 4.19. The van der Waals surface area contributed by atoms with Crippen LogP contribution in [0.25, 0.3) is 0 Å². The molecule has 0 saturated heterocycles. The van der Waals surface area contributed by atoms with Crippen LogP contribution >= 0.6 is 11.6 Å². The average Bonchev–Trinajstić information content (AvgIpc) is 2.36. The van der Waals surface area contributed by atoms with E-state index in [9.17, 15) is 4.39 Å². The van der Waals surface area contributed by atoms with Crippen LogP contribution in [0.1, 0.15) is 11.1 Å². The SMILES string of the molecule is Cc1ccc(Cl)c(Oc2nccc(CO)c2F)c1. The van der Waals surface area contributed by atoms with Gasteiger partial charge in [0.05, 0.1) is 11.6 Å². The predicted octanol–water partition coefficient (Wildman–Crippen LogP) is 3.47. The molecule has 1 heterocycles. The summed E-state index contributed by atoms with van der Waals surface area (Å²) >= 11 is 5.95. The average molecular weight is 268 g/mol. The number of aliphatic hydroxyl groups excluding tert-OH is 1. The Kier molecular flexibility index (Phi) is 3.79. The Labute approximate surface area is 109 Å². The van der Waals surface area contributed by atoms with Crippen LogP contribution in [-0.4, -0.2) is 10.1 Å². The van der Waals surface area contributed by atoms with Gasteiger partial charge in [-0.2, -0.15) is 0 Å². The summed E-state index contributed by atoms with van der Waals surface area (Å²) in [6.45, 7) is 1.46. The van der Waals surface area contributed by atoms with E-state index in [1.165, 1.54) is 12.3 Å². The lowest BCUT2D eigenvalue weighted by Gasteiger charge is -2.09. The van der Waals surface area contributed by atoms with E-state index in [4.69, 9.17) is 21.4 Å². The normalized spacial score (nSPS) is 10.4. The summed E-state index contributed by atoms with van der Waals surface area (Å²) < 4.78 is 19.1. The summed E-state index contributed by atoms with van der Waals surface area (Å²) in [7, 11) is 0. The Morgan fingerprint density at radius 1 is 1.39 bits per heavy atom. The van der Waals surface area contributed by atoms with E-state index in [2.05, 4.69) is 4.98 Å². The van der Waals surface area contributed by atoms with E-state index in [1.54, 1.807) is 12.1 Å². The number of hydrogen-bond donors (Lipinski definition) is 1. The highest BCUT2D eigenvalue weighted by Gasteiger charge is 2.12. The molecule has 1 aromatic carbocycles. The molecule has 18 heavy (non-hydrogen) atoms. The molecule has 0 radical (unpaired) electrons. The number of aromatic nitrogens is 1. The molecular weight excluding hydrogens is 257 g/mol. The van der Waals surface area contributed by atoms with Crippen molar-refractivity contribution in [3.8, 4) is 11.6 Å². The second-order valence-electron chi connectivity index (χ2n) is 3.78. The molecule has 0 aliphatic carbocycles. The molecule has 5 heteroatoms. The molecule has 2 aromatic rings. The third-order valence-corrected chi connectivity index (χ3v) is 2.71. The Bertz CT molecular complexity index is 575. The molecule has 0 unspecified atom stereocenters. The van der Waals surface area contributed by atoms with E-state index >= 15 is 0 Å². The van der Waals surface area contributed by atoms with Gasteiger partial charge in [-0.25, -0.2) is 9.37 Å². The number of halogens is 2. The summed E-state index contributed by atoms with van der Waals surface area (Å²) in [5.41, 5.74) is 1.07. The lowest BCUT2D eigenvalue weighted by Crippen LogP contribution is -1.97. The molecule has 0 spiro atoms. The first-order chi connectivity index (χ1) is 8.61. The predicted molar refractivity (Wildman–Crippen MR) is 66.4 cm³/mol. The number of hydrogen-bond acceptors (Lipinski definition) is 3. The van der Waals surface area contributed by atoms with Crippen LogP contribution < -0.4 is 4.74 Å². The highest BCUT2D eigenvalue weighted by atomic mass is 35.5. The van der Waals surface area contributed by atoms with Gasteiger partial charge in [-0.15, -0.1) is 0 Å². The Morgan fingerprint density at radius 3 is 2.89 bits per heavy atom. The van der Waals surface area contributed by atoms with E-state index in [1.807, 2.05) is 13.0 Å². The van der Waals surface area contributed by atoms with Crippen LogP contribution in [0.15, 0.2) is 30.5 Å². The zero-order chi connectivity index (χ0) is 13.1. The van der Waals surface area contributed by atoms with Gasteiger partial charge in [0.25, 0.3) is 5.88 Å². The van der Waals surface area contributed by atoms with Crippen molar-refractivity contribution in [2.45, 2.75) is 13.5 Å². The van der Waals surface area contributed by atoms with Gasteiger partial charge in [-0.05, 0) is 30.7 Å². The molecule has 0 aliphatic rings. The van der Waals surface area contributed by atoms with E-state index < -0.39 is 12.4 Å². The Morgan fingerprint density at radius 2 is 2.17 bits per heavy atom. The molecule has 3 nitrogen and oxygen atoms in total. The van der Waals surface area contributed by atoms with Gasteiger partial charge < -0.3 is 9.84 Å². The molecule has 0 bridgehead atoms. The van der Waals surface area contributed by atoms with Crippen LogP contribution in [0.2, 0.25) is 5.02 Å². The minimum atomic E-state index is -0.683. The summed E-state index contributed by atoms with van der Waals surface area (Å²) in [6, 6.07) is 6.57. The number of pyridine rings is 1. The molecule has 0 aliphatic heterocycles. The zero-order valence-corrected chi connectivity index (χ0v) is 10.4. The third-order valence-electron chi connectivity index (χ3n) is 2.40. The first-order valence-corrected chi connectivity index (χ1v) is 5.68. The van der Waals surface area contributed by atoms with Gasteiger partial charge in [-0.1, -0.05) is 17.7 Å². The van der Waals surface area contributed by atoms with Gasteiger partial charge in [0, 0.05) is 11.8 Å². The van der Waals surface area contributed by atoms with Gasteiger partial charge in [0.2, 0.25) is 0 Å². The molecular formula is C13H11ClFNO2. The van der Waals surface area contributed by atoms with Crippen molar-refractivity contribution in [2.75, 3.05) is 0 Å². The number of ether oxygens (including phenoxy) is 1. The van der Waals surface area contributed by atoms with Crippen molar-refractivity contribution >= 4 is 11.6 Å². The highest BCUT2D eigenvalue weighted by Crippen LogP contribution is 2.31. The van der Waals surface area contributed by atoms with Crippen molar-refractivity contribution in [3.63, 3.8) is 0 Å². The molecule has 0 atom stereocenters. The fourth-order valence-electron chi connectivity index (χ4n) is 1.45. The maximum atomic E-state index is 13.8. The summed E-state index contributed by atoms with van der Waals surface area (Å²) in [5, 5.41) is 9.33. The Balaban J connectivity index is 2.37. The molecule has 0 amide bonds. The number of aryl methyl sites for hydroxylation is 1.